The van der Waals surface area contributed by atoms with Gasteiger partial charge in [-0.3, -0.25) is 0 Å². The predicted molar refractivity (Wildman–Crippen MR) is 84.9 cm³/mol. The van der Waals surface area contributed by atoms with Crippen molar-refractivity contribution in [2.24, 2.45) is 23.7 Å². The molecule has 2 rings (SSSR count). The third-order valence-electron chi connectivity index (χ3n) is 5.33. The van der Waals surface area contributed by atoms with E-state index in [4.69, 9.17) is 4.42 Å². The molecule has 0 bridgehead atoms. The molecule has 0 saturated heterocycles. The normalized spacial score (nSPS) is 30.5. The van der Waals surface area contributed by atoms with Gasteiger partial charge < -0.3 is 9.52 Å². The lowest BCUT2D eigenvalue weighted by atomic mass is 9.66. The first-order valence-corrected chi connectivity index (χ1v) is 8.46. The van der Waals surface area contributed by atoms with Gasteiger partial charge in [0.1, 0.15) is 6.26 Å². The second kappa shape index (κ2) is 6.95. The van der Waals surface area contributed by atoms with Crippen molar-refractivity contribution in [1.82, 2.24) is 4.98 Å². The molecule has 0 radical (unpaired) electrons. The van der Waals surface area contributed by atoms with Gasteiger partial charge in [-0.05, 0) is 69.6 Å². The molecule has 4 unspecified atom stereocenters. The van der Waals surface area contributed by atoms with Gasteiger partial charge in [0, 0.05) is 6.42 Å². The van der Waals surface area contributed by atoms with Crippen LogP contribution in [0.15, 0.2) is 16.9 Å². The van der Waals surface area contributed by atoms with Crippen LogP contribution < -0.4 is 0 Å². The van der Waals surface area contributed by atoms with E-state index in [-0.39, 0.29) is 0 Å². The maximum Gasteiger partial charge on any atom is 0.193 e. The molecule has 1 heterocycles. The molecule has 3 nitrogen and oxygen atoms in total. The SMILES string of the molecule is CC1CC(CCc2ncco2)C(CCC(C)(C)O)CC1C. The van der Waals surface area contributed by atoms with E-state index in [1.165, 1.54) is 12.8 Å². The molecule has 1 N–H and O–H groups in total. The van der Waals surface area contributed by atoms with Gasteiger partial charge in [-0.25, -0.2) is 4.98 Å². The summed E-state index contributed by atoms with van der Waals surface area (Å²) in [7, 11) is 0. The van der Waals surface area contributed by atoms with Crippen LogP contribution in [0.1, 0.15) is 65.7 Å². The van der Waals surface area contributed by atoms with Crippen molar-refractivity contribution in [1.29, 1.82) is 0 Å². The van der Waals surface area contributed by atoms with Crippen LogP contribution in [0, 0.1) is 23.7 Å². The van der Waals surface area contributed by atoms with Crippen LogP contribution in [0.2, 0.25) is 0 Å². The third kappa shape index (κ3) is 5.14. The number of hydrogen-bond donors (Lipinski definition) is 1. The number of oxazole rings is 1. The molecule has 0 aromatic carbocycles. The summed E-state index contributed by atoms with van der Waals surface area (Å²) < 4.78 is 5.37. The summed E-state index contributed by atoms with van der Waals surface area (Å²) in [5.74, 6) is 3.94. The molecule has 1 saturated carbocycles. The van der Waals surface area contributed by atoms with Crippen LogP contribution in [0.4, 0.5) is 0 Å². The highest BCUT2D eigenvalue weighted by molar-refractivity contribution is 4.87. The summed E-state index contributed by atoms with van der Waals surface area (Å²) in [6.45, 7) is 8.61. The molecule has 3 heteroatoms. The minimum absolute atomic E-state index is 0.542. The van der Waals surface area contributed by atoms with Crippen molar-refractivity contribution in [2.45, 2.75) is 71.8 Å². The van der Waals surface area contributed by atoms with E-state index in [9.17, 15) is 5.11 Å². The number of rotatable bonds is 6. The summed E-state index contributed by atoms with van der Waals surface area (Å²) in [5, 5.41) is 10.0. The molecular formula is C18H31NO2. The van der Waals surface area contributed by atoms with Gasteiger partial charge in [-0.2, -0.15) is 0 Å². The quantitative estimate of drug-likeness (QED) is 0.842. The number of hydrogen-bond acceptors (Lipinski definition) is 3. The van der Waals surface area contributed by atoms with E-state index in [1.54, 1.807) is 12.5 Å². The van der Waals surface area contributed by atoms with Crippen LogP contribution in [0.5, 0.6) is 0 Å². The number of nitrogens with zero attached hydrogens (tertiary/aromatic N) is 1. The molecule has 1 aromatic rings. The average molecular weight is 293 g/mol. The van der Waals surface area contributed by atoms with Gasteiger partial charge in [0.05, 0.1) is 11.8 Å². The van der Waals surface area contributed by atoms with E-state index >= 15 is 0 Å². The fourth-order valence-electron chi connectivity index (χ4n) is 3.74. The van der Waals surface area contributed by atoms with Crippen LogP contribution in [-0.4, -0.2) is 15.7 Å². The Balaban J connectivity index is 1.92. The van der Waals surface area contributed by atoms with E-state index in [2.05, 4.69) is 18.8 Å². The molecule has 21 heavy (non-hydrogen) atoms. The lowest BCUT2D eigenvalue weighted by molar-refractivity contribution is 0.0447. The molecule has 120 valence electrons. The lowest BCUT2D eigenvalue weighted by Gasteiger charge is -2.40. The summed E-state index contributed by atoms with van der Waals surface area (Å²) in [6.07, 6.45) is 10.1. The molecular weight excluding hydrogens is 262 g/mol. The van der Waals surface area contributed by atoms with Gasteiger partial charge in [-0.1, -0.05) is 13.8 Å². The standard InChI is InChI=1S/C18H31NO2/c1-13-11-15(5-6-17-19-9-10-21-17)16(12-14(13)2)7-8-18(3,4)20/h9-10,13-16,20H,5-8,11-12H2,1-4H3. The van der Waals surface area contributed by atoms with Gasteiger partial charge in [0.15, 0.2) is 5.89 Å². The van der Waals surface area contributed by atoms with Crippen molar-refractivity contribution in [3.63, 3.8) is 0 Å². The lowest BCUT2D eigenvalue weighted by Crippen LogP contribution is -2.31. The van der Waals surface area contributed by atoms with Gasteiger partial charge in [0.2, 0.25) is 0 Å². The Morgan fingerprint density at radius 3 is 2.33 bits per heavy atom. The minimum Gasteiger partial charge on any atom is -0.449 e. The van der Waals surface area contributed by atoms with Crippen LogP contribution in [0.3, 0.4) is 0 Å². The summed E-state index contributed by atoms with van der Waals surface area (Å²) in [4.78, 5) is 4.24. The first-order valence-electron chi connectivity index (χ1n) is 8.46. The molecule has 1 aromatic heterocycles. The number of aromatic nitrogens is 1. The van der Waals surface area contributed by atoms with Crippen molar-refractivity contribution in [2.75, 3.05) is 0 Å². The van der Waals surface area contributed by atoms with Gasteiger partial charge in [0.25, 0.3) is 0 Å². The van der Waals surface area contributed by atoms with Crippen molar-refractivity contribution >= 4 is 0 Å². The van der Waals surface area contributed by atoms with Gasteiger partial charge >= 0.3 is 0 Å². The zero-order valence-corrected chi connectivity index (χ0v) is 14.0. The second-order valence-corrected chi connectivity index (χ2v) is 7.76. The highest BCUT2D eigenvalue weighted by Crippen LogP contribution is 2.42. The van der Waals surface area contributed by atoms with E-state index < -0.39 is 5.60 Å². The van der Waals surface area contributed by atoms with E-state index in [0.29, 0.717) is 0 Å². The average Bonchev–Trinajstić information content (AvgIpc) is 2.90. The zero-order valence-electron chi connectivity index (χ0n) is 14.0. The zero-order chi connectivity index (χ0) is 15.5. The largest absolute Gasteiger partial charge is 0.449 e. The Morgan fingerprint density at radius 1 is 1.19 bits per heavy atom. The third-order valence-corrected chi connectivity index (χ3v) is 5.33. The van der Waals surface area contributed by atoms with E-state index in [0.717, 1.165) is 55.2 Å². The summed E-state index contributed by atoms with van der Waals surface area (Å²) in [5.41, 5.74) is -0.542. The highest BCUT2D eigenvalue weighted by atomic mass is 16.3. The number of aliphatic hydroxyl groups is 1. The first kappa shape index (κ1) is 16.5. The van der Waals surface area contributed by atoms with Crippen LogP contribution in [0.25, 0.3) is 0 Å². The summed E-state index contributed by atoms with van der Waals surface area (Å²) >= 11 is 0. The maximum atomic E-state index is 10.0. The molecule has 1 aliphatic rings. The molecule has 1 aliphatic carbocycles. The predicted octanol–water partition coefficient (Wildman–Crippen LogP) is 4.46. The van der Waals surface area contributed by atoms with Crippen molar-refractivity contribution in [3.8, 4) is 0 Å². The van der Waals surface area contributed by atoms with Gasteiger partial charge in [-0.15, -0.1) is 0 Å². The fraction of sp³-hybridized carbons (Fsp3) is 0.833. The first-order chi connectivity index (χ1) is 9.85. The molecule has 0 amide bonds. The molecule has 4 atom stereocenters. The minimum atomic E-state index is -0.542. The molecule has 0 aliphatic heterocycles. The molecule has 1 fully saturated rings. The highest BCUT2D eigenvalue weighted by Gasteiger charge is 2.33. The Bertz CT molecular complexity index is 407. The smallest absolute Gasteiger partial charge is 0.193 e. The second-order valence-electron chi connectivity index (χ2n) is 7.76. The van der Waals surface area contributed by atoms with Crippen molar-refractivity contribution < 1.29 is 9.52 Å². The van der Waals surface area contributed by atoms with Crippen molar-refractivity contribution in [3.05, 3.63) is 18.4 Å². The Kier molecular flexibility index (Phi) is 5.48. The van der Waals surface area contributed by atoms with Crippen LogP contribution in [-0.2, 0) is 6.42 Å². The maximum absolute atomic E-state index is 10.0. The topological polar surface area (TPSA) is 46.3 Å². The van der Waals surface area contributed by atoms with Crippen LogP contribution >= 0.6 is 0 Å². The Labute approximate surface area is 129 Å². The monoisotopic (exact) mass is 293 g/mol. The molecule has 0 spiro atoms. The Morgan fingerprint density at radius 2 is 1.81 bits per heavy atom. The van der Waals surface area contributed by atoms with E-state index in [1.807, 2.05) is 13.8 Å². The fourth-order valence-corrected chi connectivity index (χ4v) is 3.74. The summed E-state index contributed by atoms with van der Waals surface area (Å²) in [6, 6.07) is 0. The Hall–Kier alpha value is -0.830. The number of aryl methyl sites for hydroxylation is 1.